The number of hydrogen-bond acceptors (Lipinski definition) is 4. The van der Waals surface area contributed by atoms with E-state index in [1.54, 1.807) is 11.3 Å². The van der Waals surface area contributed by atoms with Gasteiger partial charge in [-0.05, 0) is 35.8 Å². The number of aryl methyl sites for hydroxylation is 1. The van der Waals surface area contributed by atoms with Gasteiger partial charge in [-0.3, -0.25) is 4.79 Å². The third-order valence-corrected chi connectivity index (χ3v) is 7.37. The van der Waals surface area contributed by atoms with Gasteiger partial charge in [0.2, 0.25) is 5.91 Å². The second-order valence-corrected chi connectivity index (χ2v) is 9.98. The van der Waals surface area contributed by atoms with Crippen LogP contribution < -0.4 is 5.32 Å². The molecule has 1 unspecified atom stereocenters. The van der Waals surface area contributed by atoms with Crippen molar-refractivity contribution in [2.24, 2.45) is 5.92 Å². The zero-order valence-corrected chi connectivity index (χ0v) is 17.7. The van der Waals surface area contributed by atoms with Crippen LogP contribution in [0.25, 0.3) is 0 Å². The van der Waals surface area contributed by atoms with Crippen LogP contribution in [0.15, 0.2) is 47.8 Å². The lowest BCUT2D eigenvalue weighted by atomic mass is 9.93. The summed E-state index contributed by atoms with van der Waals surface area (Å²) in [4.78, 5) is 13.5. The Balaban J connectivity index is 1.91. The Bertz CT molecular complexity index is 782. The molecule has 0 spiro atoms. The van der Waals surface area contributed by atoms with E-state index in [4.69, 9.17) is 0 Å². The molecule has 0 aliphatic carbocycles. The summed E-state index contributed by atoms with van der Waals surface area (Å²) in [5.41, 5.74) is 1.11. The van der Waals surface area contributed by atoms with E-state index in [2.05, 4.69) is 19.2 Å². The Morgan fingerprint density at radius 2 is 1.78 bits per heavy atom. The summed E-state index contributed by atoms with van der Waals surface area (Å²) >= 11 is 1.60. The molecular weight excluding hydrogens is 378 g/mol. The maximum atomic E-state index is 12.4. The van der Waals surface area contributed by atoms with E-state index in [0.717, 1.165) is 23.3 Å². The first-order chi connectivity index (χ1) is 12.9. The van der Waals surface area contributed by atoms with Gasteiger partial charge in [0.15, 0.2) is 9.84 Å². The standard InChI is InChI=1S/C21H29NO3S2/c1-3-18(4-2)21(19-13-8-14-26-19)22-20(23)16-27(24,25)15-9-12-17-10-6-5-7-11-17/h5-8,10-11,13-14,18,21H,3-4,9,12,15-16H2,1-2H3,(H,22,23). The molecule has 0 aliphatic rings. The molecule has 1 N–H and O–H groups in total. The molecule has 1 aromatic heterocycles. The average Bonchev–Trinajstić information content (AvgIpc) is 3.16. The molecule has 0 fully saturated rings. The fraction of sp³-hybridized carbons (Fsp3) is 0.476. The quantitative estimate of drug-likeness (QED) is 0.601. The summed E-state index contributed by atoms with van der Waals surface area (Å²) in [5.74, 6) is -0.512. The number of amides is 1. The first kappa shape index (κ1) is 21.6. The van der Waals surface area contributed by atoms with Crippen molar-refractivity contribution < 1.29 is 13.2 Å². The van der Waals surface area contributed by atoms with E-state index >= 15 is 0 Å². The molecule has 4 nitrogen and oxygen atoms in total. The largest absolute Gasteiger partial charge is 0.347 e. The highest BCUT2D eigenvalue weighted by Gasteiger charge is 2.25. The number of rotatable bonds is 11. The molecule has 0 radical (unpaired) electrons. The van der Waals surface area contributed by atoms with Crippen molar-refractivity contribution >= 4 is 27.1 Å². The maximum Gasteiger partial charge on any atom is 0.235 e. The summed E-state index contributed by atoms with van der Waals surface area (Å²) in [5, 5.41) is 4.96. The molecule has 1 heterocycles. The van der Waals surface area contributed by atoms with Crippen LogP contribution in [-0.2, 0) is 21.1 Å². The third-order valence-electron chi connectivity index (χ3n) is 4.80. The molecule has 6 heteroatoms. The SMILES string of the molecule is CCC(CC)C(NC(=O)CS(=O)(=O)CCCc1ccccc1)c1cccs1. The lowest BCUT2D eigenvalue weighted by molar-refractivity contribution is -0.119. The summed E-state index contributed by atoms with van der Waals surface area (Å²) in [6.45, 7) is 4.20. The fourth-order valence-corrected chi connectivity index (χ4v) is 5.36. The highest BCUT2D eigenvalue weighted by molar-refractivity contribution is 7.92. The molecule has 1 atom stereocenters. The zero-order valence-electron chi connectivity index (χ0n) is 16.1. The molecule has 1 amide bonds. The van der Waals surface area contributed by atoms with Crippen molar-refractivity contribution in [1.82, 2.24) is 5.32 Å². The van der Waals surface area contributed by atoms with Gasteiger partial charge in [0.1, 0.15) is 5.75 Å². The predicted molar refractivity (Wildman–Crippen MR) is 113 cm³/mol. The van der Waals surface area contributed by atoms with Crippen LogP contribution in [0.3, 0.4) is 0 Å². The number of thiophene rings is 1. The summed E-state index contributed by atoms with van der Waals surface area (Å²) in [7, 11) is -3.41. The molecule has 0 saturated carbocycles. The van der Waals surface area contributed by atoms with Crippen LogP contribution in [0.1, 0.15) is 49.6 Å². The van der Waals surface area contributed by atoms with Crippen LogP contribution in [0.4, 0.5) is 0 Å². The Morgan fingerprint density at radius 3 is 2.37 bits per heavy atom. The third kappa shape index (κ3) is 7.11. The van der Waals surface area contributed by atoms with Crippen LogP contribution in [0.2, 0.25) is 0 Å². The second-order valence-electron chi connectivity index (χ2n) is 6.82. The number of carbonyl (C=O) groups is 1. The van der Waals surface area contributed by atoms with Crippen molar-refractivity contribution in [2.75, 3.05) is 11.5 Å². The zero-order chi connectivity index (χ0) is 19.7. The van der Waals surface area contributed by atoms with E-state index in [0.29, 0.717) is 18.8 Å². The van der Waals surface area contributed by atoms with Gasteiger partial charge in [-0.1, -0.05) is 63.1 Å². The topological polar surface area (TPSA) is 63.2 Å². The number of nitrogens with one attached hydrogen (secondary N) is 1. The summed E-state index contributed by atoms with van der Waals surface area (Å²) < 4.78 is 24.7. The maximum absolute atomic E-state index is 12.4. The number of sulfone groups is 1. The Hall–Kier alpha value is -1.66. The predicted octanol–water partition coefficient (Wildman–Crippen LogP) is 4.39. The van der Waals surface area contributed by atoms with Crippen LogP contribution in [-0.4, -0.2) is 25.8 Å². The highest BCUT2D eigenvalue weighted by atomic mass is 32.2. The van der Waals surface area contributed by atoms with Gasteiger partial charge < -0.3 is 5.32 Å². The van der Waals surface area contributed by atoms with Gasteiger partial charge in [0, 0.05) is 4.88 Å². The first-order valence-corrected chi connectivity index (χ1v) is 12.2. The molecule has 0 aliphatic heterocycles. The van der Waals surface area contributed by atoms with E-state index in [9.17, 15) is 13.2 Å². The van der Waals surface area contributed by atoms with E-state index in [1.165, 1.54) is 0 Å². The molecule has 148 valence electrons. The lowest BCUT2D eigenvalue weighted by Crippen LogP contribution is -2.37. The fourth-order valence-electron chi connectivity index (χ4n) is 3.28. The van der Waals surface area contributed by atoms with Gasteiger partial charge in [0.25, 0.3) is 0 Å². The van der Waals surface area contributed by atoms with E-state index in [1.807, 2.05) is 47.8 Å². The molecule has 27 heavy (non-hydrogen) atoms. The lowest BCUT2D eigenvalue weighted by Gasteiger charge is -2.25. The van der Waals surface area contributed by atoms with Gasteiger partial charge in [-0.2, -0.15) is 0 Å². The van der Waals surface area contributed by atoms with Gasteiger partial charge in [-0.25, -0.2) is 8.42 Å². The van der Waals surface area contributed by atoms with Crippen molar-refractivity contribution in [1.29, 1.82) is 0 Å². The average molecular weight is 408 g/mol. The highest BCUT2D eigenvalue weighted by Crippen LogP contribution is 2.30. The Morgan fingerprint density at radius 1 is 1.07 bits per heavy atom. The number of hydrogen-bond donors (Lipinski definition) is 1. The molecule has 1 aromatic carbocycles. The molecule has 2 aromatic rings. The van der Waals surface area contributed by atoms with Gasteiger partial charge in [-0.15, -0.1) is 11.3 Å². The second kappa shape index (κ2) is 10.6. The van der Waals surface area contributed by atoms with Crippen molar-refractivity contribution in [3.05, 3.63) is 58.3 Å². The minimum absolute atomic E-state index is 0.0317. The van der Waals surface area contributed by atoms with Crippen LogP contribution >= 0.6 is 11.3 Å². The molecule has 2 rings (SSSR count). The van der Waals surface area contributed by atoms with Crippen molar-refractivity contribution in [3.63, 3.8) is 0 Å². The Labute approximate surface area is 166 Å². The monoisotopic (exact) mass is 407 g/mol. The molecule has 0 bridgehead atoms. The van der Waals surface area contributed by atoms with Crippen LogP contribution in [0, 0.1) is 5.92 Å². The van der Waals surface area contributed by atoms with E-state index in [-0.39, 0.29) is 11.8 Å². The number of benzene rings is 1. The summed E-state index contributed by atoms with van der Waals surface area (Å²) in [6.07, 6.45) is 3.10. The minimum atomic E-state index is -3.41. The number of carbonyl (C=O) groups excluding carboxylic acids is 1. The summed E-state index contributed by atoms with van der Waals surface area (Å²) in [6, 6.07) is 13.6. The normalized spacial score (nSPS) is 12.9. The molecule has 0 saturated heterocycles. The Kier molecular flexibility index (Phi) is 8.51. The van der Waals surface area contributed by atoms with Crippen LogP contribution in [0.5, 0.6) is 0 Å². The minimum Gasteiger partial charge on any atom is -0.347 e. The van der Waals surface area contributed by atoms with Crippen molar-refractivity contribution in [2.45, 2.75) is 45.6 Å². The van der Waals surface area contributed by atoms with E-state index < -0.39 is 21.5 Å². The smallest absolute Gasteiger partial charge is 0.235 e. The van der Waals surface area contributed by atoms with Gasteiger partial charge in [0.05, 0.1) is 11.8 Å². The van der Waals surface area contributed by atoms with Gasteiger partial charge >= 0.3 is 0 Å². The molecular formula is C21H29NO3S2. The first-order valence-electron chi connectivity index (χ1n) is 9.52. The van der Waals surface area contributed by atoms with Crippen molar-refractivity contribution in [3.8, 4) is 0 Å².